The first-order valence-corrected chi connectivity index (χ1v) is 6.47. The van der Waals surface area contributed by atoms with Crippen molar-refractivity contribution in [2.75, 3.05) is 6.61 Å². The number of aliphatic hydroxyl groups is 1. The molecule has 1 saturated heterocycles. The Bertz CT molecular complexity index is 386. The summed E-state index contributed by atoms with van der Waals surface area (Å²) in [5, 5.41) is 16.5. The number of aliphatic hydroxyl groups excluding tert-OH is 1. The lowest BCUT2D eigenvalue weighted by Gasteiger charge is -2.47. The molecule has 0 bridgehead atoms. The summed E-state index contributed by atoms with van der Waals surface area (Å²) >= 11 is 0. The highest BCUT2D eigenvalue weighted by atomic mass is 16.3. The van der Waals surface area contributed by atoms with E-state index in [0.29, 0.717) is 18.0 Å². The summed E-state index contributed by atoms with van der Waals surface area (Å²) in [6, 6.07) is 0.909. The predicted octanol–water partition coefficient (Wildman–Crippen LogP) is 0.943. The first kappa shape index (κ1) is 11.2. The fourth-order valence-corrected chi connectivity index (χ4v) is 3.12. The molecule has 3 N–H and O–H groups in total. The third kappa shape index (κ3) is 1.88. The number of nitrogens with one attached hydrogen (secondary N) is 2. The van der Waals surface area contributed by atoms with Crippen LogP contribution in [0.25, 0.3) is 0 Å². The number of hydrogen-bond acceptors (Lipinski definition) is 3. The van der Waals surface area contributed by atoms with Crippen LogP contribution in [0.2, 0.25) is 0 Å². The van der Waals surface area contributed by atoms with Crippen molar-refractivity contribution in [3.8, 4) is 0 Å². The Kier molecular flexibility index (Phi) is 2.90. The molecule has 1 heterocycles. The minimum absolute atomic E-state index is 0.210. The van der Waals surface area contributed by atoms with Gasteiger partial charge >= 0.3 is 0 Å². The zero-order valence-electron chi connectivity index (χ0n) is 10.1. The van der Waals surface area contributed by atoms with Crippen molar-refractivity contribution in [3.05, 3.63) is 36.0 Å². The van der Waals surface area contributed by atoms with Crippen LogP contribution < -0.4 is 10.6 Å². The van der Waals surface area contributed by atoms with Crippen molar-refractivity contribution in [2.24, 2.45) is 11.8 Å². The molecule has 3 nitrogen and oxygen atoms in total. The molecule has 1 aliphatic heterocycles. The van der Waals surface area contributed by atoms with Gasteiger partial charge in [-0.2, -0.15) is 0 Å². The number of hydrogen-bond donors (Lipinski definition) is 3. The average molecular weight is 232 g/mol. The van der Waals surface area contributed by atoms with Crippen LogP contribution >= 0.6 is 0 Å². The summed E-state index contributed by atoms with van der Waals surface area (Å²) in [5.41, 5.74) is 1.42. The van der Waals surface area contributed by atoms with Crippen LogP contribution in [-0.2, 0) is 0 Å². The first-order chi connectivity index (χ1) is 8.29. The van der Waals surface area contributed by atoms with Gasteiger partial charge in [0.2, 0.25) is 0 Å². The van der Waals surface area contributed by atoms with Crippen molar-refractivity contribution < 1.29 is 5.11 Å². The molecule has 0 amide bonds. The Labute approximate surface area is 102 Å². The van der Waals surface area contributed by atoms with Gasteiger partial charge in [0, 0.05) is 30.5 Å². The van der Waals surface area contributed by atoms with E-state index in [0.717, 1.165) is 6.42 Å². The highest BCUT2D eigenvalue weighted by molar-refractivity contribution is 5.38. The van der Waals surface area contributed by atoms with Gasteiger partial charge in [0.1, 0.15) is 0 Å². The maximum absolute atomic E-state index is 9.28. The molecular weight excluding hydrogens is 212 g/mol. The number of rotatable bonds is 2. The Morgan fingerprint density at radius 2 is 2.35 bits per heavy atom. The minimum atomic E-state index is 0.210. The normalized spacial score (nSPS) is 40.7. The summed E-state index contributed by atoms with van der Waals surface area (Å²) < 4.78 is 0. The maximum Gasteiger partial charge on any atom is 0.0627 e. The van der Waals surface area contributed by atoms with Gasteiger partial charge in [0.05, 0.1) is 6.17 Å². The van der Waals surface area contributed by atoms with Crippen LogP contribution in [0.1, 0.15) is 13.3 Å². The largest absolute Gasteiger partial charge is 0.396 e. The summed E-state index contributed by atoms with van der Waals surface area (Å²) in [7, 11) is 0. The third-order valence-electron chi connectivity index (χ3n) is 4.14. The standard InChI is InChI=1S/C14H20N2O/c1-9(8-17)14-15-11-6-2-4-10-5-3-7-12(16-14)13(10)11/h2-6,9,11-17H,7-8H2,1H3. The fraction of sp³-hybridized carbons (Fsp3) is 0.571. The molecule has 0 radical (unpaired) electrons. The molecule has 3 aliphatic rings. The molecule has 0 spiro atoms. The van der Waals surface area contributed by atoms with Crippen LogP contribution in [0.15, 0.2) is 36.0 Å². The highest BCUT2D eigenvalue weighted by Crippen LogP contribution is 2.34. The first-order valence-electron chi connectivity index (χ1n) is 6.47. The molecule has 17 heavy (non-hydrogen) atoms. The highest BCUT2D eigenvalue weighted by Gasteiger charge is 2.40. The third-order valence-corrected chi connectivity index (χ3v) is 4.14. The van der Waals surface area contributed by atoms with Crippen molar-refractivity contribution in [2.45, 2.75) is 31.6 Å². The summed E-state index contributed by atoms with van der Waals surface area (Å²) in [5.74, 6) is 0.789. The summed E-state index contributed by atoms with van der Waals surface area (Å²) in [6.07, 6.45) is 12.4. The molecule has 92 valence electrons. The lowest BCUT2D eigenvalue weighted by molar-refractivity contribution is 0.124. The van der Waals surface area contributed by atoms with Gasteiger partial charge in [0.15, 0.2) is 0 Å². The fourth-order valence-electron chi connectivity index (χ4n) is 3.12. The lowest BCUT2D eigenvalue weighted by Crippen LogP contribution is -2.66. The van der Waals surface area contributed by atoms with Gasteiger partial charge in [-0.15, -0.1) is 0 Å². The molecule has 3 heteroatoms. The van der Waals surface area contributed by atoms with Gasteiger partial charge in [-0.3, -0.25) is 10.6 Å². The van der Waals surface area contributed by atoms with Gasteiger partial charge in [-0.25, -0.2) is 0 Å². The Morgan fingerprint density at radius 1 is 1.47 bits per heavy atom. The van der Waals surface area contributed by atoms with Crippen molar-refractivity contribution in [3.63, 3.8) is 0 Å². The second-order valence-corrected chi connectivity index (χ2v) is 5.32. The van der Waals surface area contributed by atoms with Gasteiger partial charge < -0.3 is 5.11 Å². The van der Waals surface area contributed by atoms with Crippen molar-refractivity contribution >= 4 is 0 Å². The Hall–Kier alpha value is -0.900. The van der Waals surface area contributed by atoms with Crippen LogP contribution in [0.3, 0.4) is 0 Å². The zero-order valence-corrected chi connectivity index (χ0v) is 10.1. The average Bonchev–Trinajstić information content (AvgIpc) is 2.38. The van der Waals surface area contributed by atoms with Gasteiger partial charge in [-0.05, 0) is 12.0 Å². The molecule has 0 aromatic heterocycles. The summed E-state index contributed by atoms with van der Waals surface area (Å²) in [4.78, 5) is 0. The predicted molar refractivity (Wildman–Crippen MR) is 68.4 cm³/mol. The summed E-state index contributed by atoms with van der Waals surface area (Å²) in [6.45, 7) is 2.30. The molecule has 5 unspecified atom stereocenters. The molecule has 2 aliphatic carbocycles. The topological polar surface area (TPSA) is 44.3 Å². The Balaban J connectivity index is 1.85. The van der Waals surface area contributed by atoms with Crippen LogP contribution in [-0.4, -0.2) is 30.0 Å². The molecule has 3 rings (SSSR count). The van der Waals surface area contributed by atoms with E-state index in [-0.39, 0.29) is 18.7 Å². The van der Waals surface area contributed by atoms with Gasteiger partial charge in [-0.1, -0.05) is 37.3 Å². The van der Waals surface area contributed by atoms with E-state index >= 15 is 0 Å². The second kappa shape index (κ2) is 4.41. The van der Waals surface area contributed by atoms with Crippen LogP contribution in [0.5, 0.6) is 0 Å². The van der Waals surface area contributed by atoms with Crippen molar-refractivity contribution in [1.82, 2.24) is 10.6 Å². The quantitative estimate of drug-likeness (QED) is 0.664. The van der Waals surface area contributed by atoms with Gasteiger partial charge in [0.25, 0.3) is 0 Å². The smallest absolute Gasteiger partial charge is 0.0627 e. The van der Waals surface area contributed by atoms with Crippen LogP contribution in [0, 0.1) is 11.8 Å². The van der Waals surface area contributed by atoms with E-state index in [1.807, 2.05) is 0 Å². The molecule has 0 aromatic carbocycles. The van der Waals surface area contributed by atoms with Crippen molar-refractivity contribution in [1.29, 1.82) is 0 Å². The lowest BCUT2D eigenvalue weighted by atomic mass is 9.75. The minimum Gasteiger partial charge on any atom is -0.396 e. The molecule has 5 atom stereocenters. The monoisotopic (exact) mass is 232 g/mol. The molecule has 0 saturated carbocycles. The van der Waals surface area contributed by atoms with E-state index in [9.17, 15) is 5.11 Å². The van der Waals surface area contributed by atoms with Crippen LogP contribution in [0.4, 0.5) is 0 Å². The molecule has 1 fully saturated rings. The second-order valence-electron chi connectivity index (χ2n) is 5.32. The Morgan fingerprint density at radius 3 is 3.18 bits per heavy atom. The molecule has 0 aromatic rings. The van der Waals surface area contributed by atoms with E-state index in [2.05, 4.69) is 47.9 Å². The zero-order chi connectivity index (χ0) is 11.8. The molecular formula is C14H20N2O. The maximum atomic E-state index is 9.28. The number of allylic oxidation sites excluding steroid dienone is 3. The van der Waals surface area contributed by atoms with E-state index in [1.165, 1.54) is 5.57 Å². The SMILES string of the molecule is CC(CO)C1NC2C=CC=C3C=CCC(N1)C32. The van der Waals surface area contributed by atoms with E-state index < -0.39 is 0 Å². The van der Waals surface area contributed by atoms with E-state index in [4.69, 9.17) is 0 Å². The van der Waals surface area contributed by atoms with E-state index in [1.54, 1.807) is 0 Å².